The van der Waals surface area contributed by atoms with E-state index in [9.17, 15) is 19.5 Å². The van der Waals surface area contributed by atoms with Gasteiger partial charge in [-0.25, -0.2) is 0 Å². The zero-order chi connectivity index (χ0) is 20.5. The van der Waals surface area contributed by atoms with Gasteiger partial charge in [-0.05, 0) is 25.3 Å². The van der Waals surface area contributed by atoms with Crippen LogP contribution in [0.1, 0.15) is 41.4 Å². The smallest absolute Gasteiger partial charge is 0.317 e. The zero-order valence-corrected chi connectivity index (χ0v) is 16.3. The number of rotatable bonds is 6. The summed E-state index contributed by atoms with van der Waals surface area (Å²) in [4.78, 5) is 38.3. The van der Waals surface area contributed by atoms with Gasteiger partial charge in [-0.1, -0.05) is 6.07 Å². The molecule has 2 aromatic heterocycles. The SMILES string of the molecule is CCn1cc(C(=O)NC[C@H]2[C@H]3C[C@H](CN(CC(=O)O)C3)c3cccc(=O)n32)cn1. The predicted octanol–water partition coefficient (Wildman–Crippen LogP) is 0.540. The number of aliphatic carboxylic acids is 1. The quantitative estimate of drug-likeness (QED) is 0.734. The summed E-state index contributed by atoms with van der Waals surface area (Å²) in [5.74, 6) is -0.861. The molecule has 9 nitrogen and oxygen atoms in total. The third kappa shape index (κ3) is 3.82. The molecule has 2 N–H and O–H groups in total. The fourth-order valence-electron chi connectivity index (χ4n) is 4.67. The number of piperidine rings is 1. The van der Waals surface area contributed by atoms with Crippen LogP contribution < -0.4 is 10.9 Å². The van der Waals surface area contributed by atoms with Crippen molar-refractivity contribution in [3.8, 4) is 0 Å². The Morgan fingerprint density at radius 3 is 2.86 bits per heavy atom. The Kier molecular flexibility index (Phi) is 5.23. The molecule has 2 aliphatic heterocycles. The maximum absolute atomic E-state index is 12.7. The highest BCUT2D eigenvalue weighted by molar-refractivity contribution is 5.93. The van der Waals surface area contributed by atoms with Gasteiger partial charge in [-0.15, -0.1) is 0 Å². The average molecular weight is 399 g/mol. The number of hydrogen-bond acceptors (Lipinski definition) is 5. The highest BCUT2D eigenvalue weighted by Gasteiger charge is 2.40. The molecule has 154 valence electrons. The molecular formula is C20H25N5O4. The molecule has 0 unspecified atom stereocenters. The number of carbonyl (C=O) groups excluding carboxylic acids is 1. The van der Waals surface area contributed by atoms with E-state index in [4.69, 9.17) is 0 Å². The van der Waals surface area contributed by atoms with Crippen LogP contribution in [0, 0.1) is 5.92 Å². The van der Waals surface area contributed by atoms with E-state index in [0.717, 1.165) is 12.1 Å². The number of carboxylic acid groups (broad SMARTS) is 1. The zero-order valence-electron chi connectivity index (χ0n) is 16.3. The Hall–Kier alpha value is -2.94. The second kappa shape index (κ2) is 7.82. The van der Waals surface area contributed by atoms with Gasteiger partial charge in [0.1, 0.15) is 0 Å². The van der Waals surface area contributed by atoms with Gasteiger partial charge in [-0.3, -0.25) is 24.0 Å². The molecule has 9 heteroatoms. The Morgan fingerprint density at radius 2 is 2.14 bits per heavy atom. The number of pyridine rings is 1. The summed E-state index contributed by atoms with van der Waals surface area (Å²) in [7, 11) is 0. The molecule has 4 heterocycles. The van der Waals surface area contributed by atoms with Crippen molar-refractivity contribution in [1.82, 2.24) is 24.6 Å². The number of carboxylic acids is 1. The summed E-state index contributed by atoms with van der Waals surface area (Å²) in [6, 6.07) is 5.02. The largest absolute Gasteiger partial charge is 0.480 e. The molecule has 2 aromatic rings. The Morgan fingerprint density at radius 1 is 1.31 bits per heavy atom. The fraction of sp³-hybridized carbons (Fsp3) is 0.500. The fourth-order valence-corrected chi connectivity index (χ4v) is 4.67. The van der Waals surface area contributed by atoms with Crippen LogP contribution >= 0.6 is 0 Å². The van der Waals surface area contributed by atoms with E-state index in [1.807, 2.05) is 17.9 Å². The minimum absolute atomic E-state index is 0.0145. The van der Waals surface area contributed by atoms with E-state index in [1.54, 1.807) is 27.6 Å². The minimum Gasteiger partial charge on any atom is -0.480 e. The van der Waals surface area contributed by atoms with Crippen molar-refractivity contribution in [2.75, 3.05) is 26.2 Å². The Balaban J connectivity index is 1.57. The van der Waals surface area contributed by atoms with Crippen LogP contribution in [-0.2, 0) is 11.3 Å². The van der Waals surface area contributed by atoms with Crippen LogP contribution in [0.5, 0.6) is 0 Å². The molecule has 4 rings (SSSR count). The molecule has 29 heavy (non-hydrogen) atoms. The van der Waals surface area contributed by atoms with E-state index >= 15 is 0 Å². The maximum atomic E-state index is 12.7. The molecule has 2 bridgehead atoms. The van der Waals surface area contributed by atoms with Gasteiger partial charge in [0, 0.05) is 50.1 Å². The second-order valence-corrected chi connectivity index (χ2v) is 7.80. The molecule has 1 amide bonds. The van der Waals surface area contributed by atoms with Crippen molar-refractivity contribution in [1.29, 1.82) is 0 Å². The standard InChI is InChI=1S/C20H25N5O4/c1-2-24-11-15(7-22-24)20(29)21-8-17-14-6-13(9-23(10-14)12-19(27)28)16-4-3-5-18(26)25(16)17/h3-5,7,11,13-14,17H,2,6,8-10,12H2,1H3,(H,21,29)(H,27,28)/t13-,14+,17+/m1/s1. The van der Waals surface area contributed by atoms with E-state index in [-0.39, 0.29) is 35.9 Å². The van der Waals surface area contributed by atoms with Gasteiger partial charge >= 0.3 is 5.97 Å². The van der Waals surface area contributed by atoms with Crippen molar-refractivity contribution in [2.24, 2.45) is 5.92 Å². The number of likely N-dealkylation sites (tertiary alicyclic amines) is 1. The summed E-state index contributed by atoms with van der Waals surface area (Å²) in [6.07, 6.45) is 4.11. The van der Waals surface area contributed by atoms with Crippen molar-refractivity contribution < 1.29 is 14.7 Å². The summed E-state index contributed by atoms with van der Waals surface area (Å²) in [5.41, 5.74) is 1.32. The Labute approximate surface area is 167 Å². The highest BCUT2D eigenvalue weighted by atomic mass is 16.4. The second-order valence-electron chi connectivity index (χ2n) is 7.80. The molecule has 0 spiro atoms. The summed E-state index contributed by atoms with van der Waals surface area (Å²) < 4.78 is 3.48. The van der Waals surface area contributed by atoms with Gasteiger partial charge in [0.15, 0.2) is 0 Å². The summed E-state index contributed by atoms with van der Waals surface area (Å²) in [6.45, 7) is 4.15. The van der Waals surface area contributed by atoms with Gasteiger partial charge in [0.05, 0.1) is 24.3 Å². The molecule has 0 aliphatic carbocycles. The van der Waals surface area contributed by atoms with Crippen molar-refractivity contribution in [3.05, 3.63) is 52.2 Å². The van der Waals surface area contributed by atoms with Crippen LogP contribution in [0.15, 0.2) is 35.4 Å². The number of amides is 1. The topological polar surface area (TPSA) is 109 Å². The van der Waals surface area contributed by atoms with Crippen molar-refractivity contribution in [2.45, 2.75) is 31.8 Å². The molecule has 1 saturated heterocycles. The highest BCUT2D eigenvalue weighted by Crippen LogP contribution is 2.40. The number of fused-ring (bicyclic) bond motifs is 4. The number of hydrogen-bond donors (Lipinski definition) is 2. The van der Waals surface area contributed by atoms with Crippen molar-refractivity contribution >= 4 is 11.9 Å². The van der Waals surface area contributed by atoms with Crippen LogP contribution in [0.4, 0.5) is 0 Å². The third-order valence-electron chi connectivity index (χ3n) is 5.92. The summed E-state index contributed by atoms with van der Waals surface area (Å²) >= 11 is 0. The van der Waals surface area contributed by atoms with Gasteiger partial charge in [0.25, 0.3) is 11.5 Å². The predicted molar refractivity (Wildman–Crippen MR) is 105 cm³/mol. The van der Waals surface area contributed by atoms with E-state index in [1.165, 1.54) is 6.20 Å². The molecule has 3 atom stereocenters. The molecule has 0 saturated carbocycles. The first-order valence-electron chi connectivity index (χ1n) is 9.92. The first-order chi connectivity index (χ1) is 14.0. The van der Waals surface area contributed by atoms with Crippen LogP contribution in [0.3, 0.4) is 0 Å². The van der Waals surface area contributed by atoms with E-state index < -0.39 is 5.97 Å². The minimum atomic E-state index is -0.854. The Bertz CT molecular complexity index is 981. The van der Waals surface area contributed by atoms with Gasteiger partial charge < -0.3 is 15.0 Å². The lowest BCUT2D eigenvalue weighted by molar-refractivity contribution is -0.139. The lowest BCUT2D eigenvalue weighted by Crippen LogP contribution is -2.52. The number of aryl methyl sites for hydroxylation is 1. The lowest BCUT2D eigenvalue weighted by Gasteiger charge is -2.46. The third-order valence-corrected chi connectivity index (χ3v) is 5.92. The molecule has 1 fully saturated rings. The first kappa shape index (κ1) is 19.4. The van der Waals surface area contributed by atoms with Gasteiger partial charge in [0.2, 0.25) is 0 Å². The van der Waals surface area contributed by atoms with E-state index in [0.29, 0.717) is 31.7 Å². The normalized spacial score (nSPS) is 23.4. The number of carbonyl (C=O) groups is 2. The molecule has 0 aromatic carbocycles. The first-order valence-corrected chi connectivity index (χ1v) is 9.92. The number of nitrogens with one attached hydrogen (secondary N) is 1. The average Bonchev–Trinajstić information content (AvgIpc) is 3.17. The monoisotopic (exact) mass is 399 g/mol. The molecular weight excluding hydrogens is 374 g/mol. The van der Waals surface area contributed by atoms with Crippen LogP contribution in [-0.4, -0.2) is 62.4 Å². The van der Waals surface area contributed by atoms with Crippen LogP contribution in [0.25, 0.3) is 0 Å². The van der Waals surface area contributed by atoms with Crippen molar-refractivity contribution in [3.63, 3.8) is 0 Å². The lowest BCUT2D eigenvalue weighted by atomic mass is 9.78. The van der Waals surface area contributed by atoms with E-state index in [2.05, 4.69) is 10.4 Å². The van der Waals surface area contributed by atoms with Crippen LogP contribution in [0.2, 0.25) is 0 Å². The molecule has 2 aliphatic rings. The van der Waals surface area contributed by atoms with Gasteiger partial charge in [-0.2, -0.15) is 5.10 Å². The number of aromatic nitrogens is 3. The summed E-state index contributed by atoms with van der Waals surface area (Å²) in [5, 5.41) is 16.3. The number of nitrogens with zero attached hydrogens (tertiary/aromatic N) is 4. The molecule has 0 radical (unpaired) electrons. The maximum Gasteiger partial charge on any atom is 0.317 e.